The van der Waals surface area contributed by atoms with Crippen LogP contribution in [0.1, 0.15) is 54.4 Å². The molecular weight excluding hydrogens is 262 g/mol. The summed E-state index contributed by atoms with van der Waals surface area (Å²) in [4.78, 5) is 7.21. The standard InChI is InChI=1S/C17H35N3O/c1-7-18-16(20-12-10-17(5,6)13-20)19-11-9-15(14(3)4)21-8-2/h14-15H,7-13H2,1-6H3,(H,18,19). The third-order valence-electron chi connectivity index (χ3n) is 4.11. The van der Waals surface area contributed by atoms with Gasteiger partial charge in [0.1, 0.15) is 0 Å². The molecule has 1 N–H and O–H groups in total. The van der Waals surface area contributed by atoms with Crippen LogP contribution >= 0.6 is 0 Å². The minimum Gasteiger partial charge on any atom is -0.378 e. The molecule has 0 aromatic rings. The van der Waals surface area contributed by atoms with Crippen LogP contribution in [-0.4, -0.2) is 49.7 Å². The molecule has 0 bridgehead atoms. The van der Waals surface area contributed by atoms with Crippen molar-refractivity contribution >= 4 is 5.96 Å². The van der Waals surface area contributed by atoms with Crippen molar-refractivity contribution in [1.29, 1.82) is 0 Å². The van der Waals surface area contributed by atoms with Gasteiger partial charge in [0, 0.05) is 32.8 Å². The van der Waals surface area contributed by atoms with E-state index in [0.717, 1.165) is 45.2 Å². The lowest BCUT2D eigenvalue weighted by Gasteiger charge is -2.24. The van der Waals surface area contributed by atoms with Gasteiger partial charge in [-0.1, -0.05) is 27.7 Å². The molecule has 1 heterocycles. The molecule has 4 nitrogen and oxygen atoms in total. The van der Waals surface area contributed by atoms with Gasteiger partial charge in [0.15, 0.2) is 5.96 Å². The molecule has 1 fully saturated rings. The van der Waals surface area contributed by atoms with E-state index < -0.39 is 0 Å². The van der Waals surface area contributed by atoms with E-state index in [1.165, 1.54) is 6.42 Å². The summed E-state index contributed by atoms with van der Waals surface area (Å²) in [5.41, 5.74) is 0.405. The monoisotopic (exact) mass is 297 g/mol. The Hall–Kier alpha value is -0.770. The van der Waals surface area contributed by atoms with Crippen molar-refractivity contribution < 1.29 is 4.74 Å². The van der Waals surface area contributed by atoms with Gasteiger partial charge in [0.25, 0.3) is 0 Å². The van der Waals surface area contributed by atoms with Gasteiger partial charge in [-0.05, 0) is 38.0 Å². The van der Waals surface area contributed by atoms with E-state index >= 15 is 0 Å². The Balaban J connectivity index is 2.56. The third-order valence-corrected chi connectivity index (χ3v) is 4.11. The number of ether oxygens (including phenoxy) is 1. The summed E-state index contributed by atoms with van der Waals surface area (Å²) in [6.45, 7) is 18.1. The first-order valence-electron chi connectivity index (χ1n) is 8.54. The Bertz CT molecular complexity index is 326. The number of hydrogen-bond acceptors (Lipinski definition) is 2. The molecule has 21 heavy (non-hydrogen) atoms. The van der Waals surface area contributed by atoms with Crippen LogP contribution in [0.2, 0.25) is 0 Å². The molecule has 1 atom stereocenters. The number of hydrogen-bond donors (Lipinski definition) is 1. The molecule has 1 saturated heterocycles. The second-order valence-electron chi connectivity index (χ2n) is 7.10. The summed E-state index contributed by atoms with van der Waals surface area (Å²) in [5.74, 6) is 1.62. The first-order valence-corrected chi connectivity index (χ1v) is 8.54. The first-order chi connectivity index (χ1) is 9.89. The summed E-state index contributed by atoms with van der Waals surface area (Å²) in [6, 6.07) is 0. The lowest BCUT2D eigenvalue weighted by Crippen LogP contribution is -2.41. The highest BCUT2D eigenvalue weighted by Crippen LogP contribution is 2.28. The molecule has 0 aromatic carbocycles. The largest absolute Gasteiger partial charge is 0.378 e. The van der Waals surface area contributed by atoms with Gasteiger partial charge in [-0.15, -0.1) is 0 Å². The van der Waals surface area contributed by atoms with Crippen LogP contribution < -0.4 is 5.32 Å². The van der Waals surface area contributed by atoms with Crippen LogP contribution in [0.25, 0.3) is 0 Å². The zero-order valence-electron chi connectivity index (χ0n) is 14.9. The lowest BCUT2D eigenvalue weighted by atomic mass is 9.93. The van der Waals surface area contributed by atoms with Crippen LogP contribution in [0.4, 0.5) is 0 Å². The number of rotatable bonds is 7. The second kappa shape index (κ2) is 8.62. The maximum Gasteiger partial charge on any atom is 0.193 e. The first kappa shape index (κ1) is 18.3. The van der Waals surface area contributed by atoms with Crippen LogP contribution in [0.5, 0.6) is 0 Å². The van der Waals surface area contributed by atoms with Gasteiger partial charge in [-0.2, -0.15) is 0 Å². The van der Waals surface area contributed by atoms with Gasteiger partial charge >= 0.3 is 0 Å². The molecule has 124 valence electrons. The highest BCUT2D eigenvalue weighted by molar-refractivity contribution is 5.80. The average Bonchev–Trinajstić information content (AvgIpc) is 2.76. The van der Waals surface area contributed by atoms with Crippen molar-refractivity contribution in [3.05, 3.63) is 0 Å². The Kier molecular flexibility index (Phi) is 7.50. The highest BCUT2D eigenvalue weighted by Gasteiger charge is 2.30. The van der Waals surface area contributed by atoms with Gasteiger partial charge in [-0.3, -0.25) is 4.99 Å². The van der Waals surface area contributed by atoms with Gasteiger partial charge in [0.2, 0.25) is 0 Å². The second-order valence-corrected chi connectivity index (χ2v) is 7.10. The van der Waals surface area contributed by atoms with Crippen LogP contribution in [0.15, 0.2) is 4.99 Å². The molecule has 1 aliphatic heterocycles. The van der Waals surface area contributed by atoms with Crippen molar-refractivity contribution in [3.8, 4) is 0 Å². The fourth-order valence-corrected chi connectivity index (χ4v) is 2.84. The third kappa shape index (κ3) is 6.25. The molecular formula is C17H35N3O. The predicted octanol–water partition coefficient (Wildman–Crippen LogP) is 3.14. The van der Waals surface area contributed by atoms with Crippen molar-refractivity contribution in [1.82, 2.24) is 10.2 Å². The van der Waals surface area contributed by atoms with Crippen LogP contribution in [0, 0.1) is 11.3 Å². The number of likely N-dealkylation sites (tertiary alicyclic amines) is 1. The SMILES string of the molecule is CCNC(=NCCC(OCC)C(C)C)N1CCC(C)(C)C1. The number of aliphatic imine (C=N–C) groups is 1. The highest BCUT2D eigenvalue weighted by atomic mass is 16.5. The van der Waals surface area contributed by atoms with E-state index in [1.54, 1.807) is 0 Å². The van der Waals surface area contributed by atoms with Gasteiger partial charge in [0.05, 0.1) is 6.10 Å². The summed E-state index contributed by atoms with van der Waals surface area (Å²) in [5, 5.41) is 3.43. The molecule has 1 unspecified atom stereocenters. The molecule has 0 radical (unpaired) electrons. The van der Waals surface area contributed by atoms with E-state index in [0.29, 0.717) is 17.4 Å². The zero-order chi connectivity index (χ0) is 15.9. The van der Waals surface area contributed by atoms with Gasteiger partial charge in [-0.25, -0.2) is 0 Å². The molecule has 1 aliphatic rings. The molecule has 0 spiro atoms. The van der Waals surface area contributed by atoms with E-state index in [9.17, 15) is 0 Å². The van der Waals surface area contributed by atoms with Crippen LogP contribution in [-0.2, 0) is 4.74 Å². The summed E-state index contributed by atoms with van der Waals surface area (Å²) in [7, 11) is 0. The Morgan fingerprint density at radius 3 is 2.52 bits per heavy atom. The minimum absolute atomic E-state index is 0.316. The molecule has 0 amide bonds. The zero-order valence-corrected chi connectivity index (χ0v) is 14.9. The average molecular weight is 297 g/mol. The number of nitrogens with one attached hydrogen (secondary N) is 1. The van der Waals surface area contributed by atoms with Crippen molar-refractivity contribution in [3.63, 3.8) is 0 Å². The smallest absolute Gasteiger partial charge is 0.193 e. The van der Waals surface area contributed by atoms with E-state index in [-0.39, 0.29) is 0 Å². The summed E-state index contributed by atoms with van der Waals surface area (Å²) in [6.07, 6.45) is 2.56. The van der Waals surface area contributed by atoms with E-state index in [2.05, 4.69) is 51.8 Å². The maximum atomic E-state index is 5.80. The quantitative estimate of drug-likeness (QED) is 0.579. The molecule has 0 aromatic heterocycles. The molecule has 1 rings (SSSR count). The normalized spacial score (nSPS) is 20.1. The molecule has 4 heteroatoms. The van der Waals surface area contributed by atoms with Crippen LogP contribution in [0.3, 0.4) is 0 Å². The molecule has 0 saturated carbocycles. The maximum absolute atomic E-state index is 5.80. The van der Waals surface area contributed by atoms with E-state index in [4.69, 9.17) is 9.73 Å². The van der Waals surface area contributed by atoms with Crippen molar-refractivity contribution in [2.45, 2.75) is 60.5 Å². The van der Waals surface area contributed by atoms with Crippen molar-refractivity contribution in [2.75, 3.05) is 32.8 Å². The van der Waals surface area contributed by atoms with Crippen molar-refractivity contribution in [2.24, 2.45) is 16.3 Å². The topological polar surface area (TPSA) is 36.9 Å². The molecule has 0 aliphatic carbocycles. The Labute approximate surface area is 131 Å². The Morgan fingerprint density at radius 2 is 2.05 bits per heavy atom. The predicted molar refractivity (Wildman–Crippen MR) is 90.8 cm³/mol. The Morgan fingerprint density at radius 1 is 1.33 bits per heavy atom. The number of guanidine groups is 1. The summed E-state index contributed by atoms with van der Waals surface area (Å²) >= 11 is 0. The fourth-order valence-electron chi connectivity index (χ4n) is 2.84. The van der Waals surface area contributed by atoms with E-state index in [1.807, 2.05) is 0 Å². The minimum atomic E-state index is 0.316. The summed E-state index contributed by atoms with van der Waals surface area (Å²) < 4.78 is 5.80. The fraction of sp³-hybridized carbons (Fsp3) is 0.941. The van der Waals surface area contributed by atoms with Gasteiger partial charge < -0.3 is 15.0 Å². The number of nitrogens with zero attached hydrogens (tertiary/aromatic N) is 2. The lowest BCUT2D eigenvalue weighted by molar-refractivity contribution is 0.0266.